The highest BCUT2D eigenvalue weighted by Crippen LogP contribution is 2.32. The monoisotopic (exact) mass is 338 g/mol. The highest BCUT2D eigenvalue weighted by atomic mass is 79.9. The Balaban J connectivity index is 1.62. The number of rotatable bonds is 4. The molecular formula is C16H23BrN2O. The van der Waals surface area contributed by atoms with E-state index in [9.17, 15) is 5.11 Å². The first kappa shape index (κ1) is 14.4. The van der Waals surface area contributed by atoms with Crippen molar-refractivity contribution in [2.45, 2.75) is 25.9 Å². The van der Waals surface area contributed by atoms with E-state index < -0.39 is 6.10 Å². The second-order valence-corrected chi connectivity index (χ2v) is 6.97. The molecule has 2 fully saturated rings. The molecule has 1 heterocycles. The zero-order valence-corrected chi connectivity index (χ0v) is 13.6. The Morgan fingerprint density at radius 1 is 1.25 bits per heavy atom. The summed E-state index contributed by atoms with van der Waals surface area (Å²) in [6.45, 7) is 7.63. The third kappa shape index (κ3) is 3.35. The summed E-state index contributed by atoms with van der Waals surface area (Å²) in [7, 11) is 0. The lowest BCUT2D eigenvalue weighted by atomic mass is 10.1. The molecule has 1 aromatic rings. The lowest BCUT2D eigenvalue weighted by molar-refractivity contribution is 0.199. The maximum absolute atomic E-state index is 9.63. The van der Waals surface area contributed by atoms with Crippen molar-refractivity contribution >= 4 is 21.6 Å². The van der Waals surface area contributed by atoms with Crippen LogP contribution in [0.15, 0.2) is 22.7 Å². The molecule has 1 aliphatic heterocycles. The van der Waals surface area contributed by atoms with Crippen LogP contribution in [-0.4, -0.2) is 42.7 Å². The minimum absolute atomic E-state index is 0.407. The fourth-order valence-corrected chi connectivity index (χ4v) is 3.52. The Labute approximate surface area is 129 Å². The average Bonchev–Trinajstić information content (AvgIpc) is 3.24. The van der Waals surface area contributed by atoms with E-state index in [4.69, 9.17) is 0 Å². The zero-order valence-electron chi connectivity index (χ0n) is 12.1. The van der Waals surface area contributed by atoms with E-state index in [2.05, 4.69) is 31.8 Å². The summed E-state index contributed by atoms with van der Waals surface area (Å²) >= 11 is 3.65. The molecule has 1 saturated carbocycles. The molecule has 110 valence electrons. The molecule has 0 amide bonds. The molecule has 0 radical (unpaired) electrons. The number of piperazine rings is 1. The third-order valence-electron chi connectivity index (χ3n) is 4.38. The topological polar surface area (TPSA) is 26.7 Å². The molecule has 3 rings (SSSR count). The molecule has 1 saturated heterocycles. The molecule has 1 aromatic carbocycles. The van der Waals surface area contributed by atoms with Crippen molar-refractivity contribution in [3.05, 3.63) is 28.2 Å². The molecule has 20 heavy (non-hydrogen) atoms. The number of benzene rings is 1. The van der Waals surface area contributed by atoms with Crippen molar-refractivity contribution in [3.8, 4) is 0 Å². The number of hydrogen-bond acceptors (Lipinski definition) is 3. The van der Waals surface area contributed by atoms with Gasteiger partial charge in [-0.2, -0.15) is 0 Å². The Morgan fingerprint density at radius 2 is 1.95 bits per heavy atom. The van der Waals surface area contributed by atoms with Gasteiger partial charge in [0.2, 0.25) is 0 Å². The Hall–Kier alpha value is -0.580. The standard InChI is InChI=1S/C16H23BrN2O/c1-12(20)14-4-5-16(15(17)10-14)19-8-6-18(7-9-19)11-13-2-3-13/h4-5,10,12-13,20H,2-3,6-9,11H2,1H3/t12-/m1/s1. The van der Waals surface area contributed by atoms with Crippen LogP contribution in [0.5, 0.6) is 0 Å². The molecule has 4 heteroatoms. The number of halogens is 1. The number of anilines is 1. The van der Waals surface area contributed by atoms with Crippen LogP contribution >= 0.6 is 15.9 Å². The predicted octanol–water partition coefficient (Wildman–Crippen LogP) is 3.03. The van der Waals surface area contributed by atoms with Crippen molar-refractivity contribution in [2.75, 3.05) is 37.6 Å². The van der Waals surface area contributed by atoms with Gasteiger partial charge in [0.1, 0.15) is 0 Å². The fourth-order valence-electron chi connectivity index (χ4n) is 2.88. The molecule has 1 atom stereocenters. The molecule has 0 aromatic heterocycles. The number of aliphatic hydroxyl groups is 1. The molecule has 2 aliphatic rings. The zero-order chi connectivity index (χ0) is 14.1. The summed E-state index contributed by atoms with van der Waals surface area (Å²) in [4.78, 5) is 5.05. The molecule has 0 unspecified atom stereocenters. The summed E-state index contributed by atoms with van der Waals surface area (Å²) in [5.74, 6) is 0.985. The minimum Gasteiger partial charge on any atom is -0.389 e. The first-order valence-electron chi connectivity index (χ1n) is 7.58. The fraction of sp³-hybridized carbons (Fsp3) is 0.625. The number of hydrogen-bond donors (Lipinski definition) is 1. The SMILES string of the molecule is C[C@@H](O)c1ccc(N2CCN(CC3CC3)CC2)c(Br)c1. The van der Waals surface area contributed by atoms with Gasteiger partial charge in [0.15, 0.2) is 0 Å². The highest BCUT2D eigenvalue weighted by Gasteiger charge is 2.26. The average molecular weight is 339 g/mol. The minimum atomic E-state index is -0.407. The normalized spacial score (nSPS) is 22.1. The van der Waals surface area contributed by atoms with E-state index in [1.165, 1.54) is 38.2 Å². The van der Waals surface area contributed by atoms with Crippen LogP contribution in [0.1, 0.15) is 31.4 Å². The summed E-state index contributed by atoms with van der Waals surface area (Å²) in [6.07, 6.45) is 2.47. The van der Waals surface area contributed by atoms with Gasteiger partial charge in [-0.3, -0.25) is 4.90 Å². The van der Waals surface area contributed by atoms with Gasteiger partial charge in [0, 0.05) is 37.2 Å². The van der Waals surface area contributed by atoms with Gasteiger partial charge in [-0.05, 0) is 59.3 Å². The Kier molecular flexibility index (Phi) is 4.34. The van der Waals surface area contributed by atoms with Crippen molar-refractivity contribution in [2.24, 2.45) is 5.92 Å². The lowest BCUT2D eigenvalue weighted by Crippen LogP contribution is -2.47. The Morgan fingerprint density at radius 3 is 2.50 bits per heavy atom. The van der Waals surface area contributed by atoms with E-state index in [1.807, 2.05) is 12.1 Å². The number of nitrogens with zero attached hydrogens (tertiary/aromatic N) is 2. The molecule has 3 nitrogen and oxygen atoms in total. The van der Waals surface area contributed by atoms with Crippen molar-refractivity contribution in [3.63, 3.8) is 0 Å². The molecule has 1 aliphatic carbocycles. The van der Waals surface area contributed by atoms with Crippen molar-refractivity contribution in [1.82, 2.24) is 4.90 Å². The second kappa shape index (κ2) is 6.04. The van der Waals surface area contributed by atoms with Gasteiger partial charge in [0.25, 0.3) is 0 Å². The van der Waals surface area contributed by atoms with Crippen LogP contribution in [-0.2, 0) is 0 Å². The first-order chi connectivity index (χ1) is 9.63. The van der Waals surface area contributed by atoms with Crippen LogP contribution in [0.2, 0.25) is 0 Å². The highest BCUT2D eigenvalue weighted by molar-refractivity contribution is 9.10. The van der Waals surface area contributed by atoms with E-state index in [0.29, 0.717) is 0 Å². The molecule has 0 spiro atoms. The van der Waals surface area contributed by atoms with Gasteiger partial charge in [-0.25, -0.2) is 0 Å². The van der Waals surface area contributed by atoms with Gasteiger partial charge in [0.05, 0.1) is 11.8 Å². The van der Waals surface area contributed by atoms with Crippen LogP contribution in [0.3, 0.4) is 0 Å². The molecule has 0 bridgehead atoms. The van der Waals surface area contributed by atoms with E-state index in [0.717, 1.165) is 29.0 Å². The van der Waals surface area contributed by atoms with E-state index in [-0.39, 0.29) is 0 Å². The maximum Gasteiger partial charge on any atom is 0.0762 e. The van der Waals surface area contributed by atoms with Crippen LogP contribution in [0.4, 0.5) is 5.69 Å². The van der Waals surface area contributed by atoms with Crippen molar-refractivity contribution < 1.29 is 5.11 Å². The Bertz CT molecular complexity index is 466. The number of aliphatic hydroxyl groups excluding tert-OH is 1. The van der Waals surface area contributed by atoms with Crippen molar-refractivity contribution in [1.29, 1.82) is 0 Å². The molecular weight excluding hydrogens is 316 g/mol. The van der Waals surface area contributed by atoms with Crippen LogP contribution < -0.4 is 4.90 Å². The summed E-state index contributed by atoms with van der Waals surface area (Å²) in [5.41, 5.74) is 2.22. The van der Waals surface area contributed by atoms with E-state index >= 15 is 0 Å². The van der Waals surface area contributed by atoms with Crippen LogP contribution in [0, 0.1) is 5.92 Å². The third-order valence-corrected chi connectivity index (χ3v) is 5.02. The smallest absolute Gasteiger partial charge is 0.0762 e. The second-order valence-electron chi connectivity index (χ2n) is 6.12. The van der Waals surface area contributed by atoms with E-state index in [1.54, 1.807) is 6.92 Å². The van der Waals surface area contributed by atoms with Gasteiger partial charge in [-0.1, -0.05) is 6.07 Å². The van der Waals surface area contributed by atoms with Gasteiger partial charge < -0.3 is 10.0 Å². The van der Waals surface area contributed by atoms with Crippen LogP contribution in [0.25, 0.3) is 0 Å². The summed E-state index contributed by atoms with van der Waals surface area (Å²) in [5, 5.41) is 9.63. The molecule has 1 N–H and O–H groups in total. The lowest BCUT2D eigenvalue weighted by Gasteiger charge is -2.36. The first-order valence-corrected chi connectivity index (χ1v) is 8.37. The summed E-state index contributed by atoms with van der Waals surface area (Å²) in [6, 6.07) is 6.20. The van der Waals surface area contributed by atoms with Gasteiger partial charge in [-0.15, -0.1) is 0 Å². The largest absolute Gasteiger partial charge is 0.389 e. The maximum atomic E-state index is 9.63. The van der Waals surface area contributed by atoms with Gasteiger partial charge >= 0.3 is 0 Å². The predicted molar refractivity (Wildman–Crippen MR) is 86.2 cm³/mol. The summed E-state index contributed by atoms with van der Waals surface area (Å²) < 4.78 is 1.09. The quantitative estimate of drug-likeness (QED) is 0.913.